The van der Waals surface area contributed by atoms with E-state index in [1.54, 1.807) is 6.07 Å². The molecule has 1 aliphatic heterocycles. The van der Waals surface area contributed by atoms with E-state index in [1.165, 1.54) is 6.42 Å². The van der Waals surface area contributed by atoms with Crippen LogP contribution in [-0.4, -0.2) is 29.8 Å². The minimum atomic E-state index is 0.429. The fourth-order valence-electron chi connectivity index (χ4n) is 1.55. The Labute approximate surface area is 88.1 Å². The second-order valence-corrected chi connectivity index (χ2v) is 3.87. The standard InChI is InChI=1S/C9H13ClN4/c10-8-1-2-9(14-13-8)12-6-7-3-4-11-5-7/h1-2,7,11H,3-6H2,(H,12,14). The molecule has 1 saturated heterocycles. The molecule has 1 fully saturated rings. The van der Waals surface area contributed by atoms with Crippen molar-refractivity contribution in [2.75, 3.05) is 25.0 Å². The molecule has 14 heavy (non-hydrogen) atoms. The van der Waals surface area contributed by atoms with Crippen molar-refractivity contribution in [3.8, 4) is 0 Å². The molecule has 2 rings (SSSR count). The van der Waals surface area contributed by atoms with E-state index in [1.807, 2.05) is 6.07 Å². The summed E-state index contributed by atoms with van der Waals surface area (Å²) in [6.07, 6.45) is 1.23. The fraction of sp³-hybridized carbons (Fsp3) is 0.556. The van der Waals surface area contributed by atoms with Crippen molar-refractivity contribution >= 4 is 17.4 Å². The highest BCUT2D eigenvalue weighted by Crippen LogP contribution is 2.10. The molecule has 0 amide bonds. The van der Waals surface area contributed by atoms with E-state index in [2.05, 4.69) is 20.8 Å². The molecule has 0 aliphatic carbocycles. The Morgan fingerprint density at radius 1 is 1.50 bits per heavy atom. The van der Waals surface area contributed by atoms with E-state index in [9.17, 15) is 0 Å². The largest absolute Gasteiger partial charge is 0.368 e. The zero-order valence-electron chi connectivity index (χ0n) is 7.83. The normalized spacial score (nSPS) is 21.1. The average molecular weight is 213 g/mol. The van der Waals surface area contributed by atoms with Crippen molar-refractivity contribution in [1.29, 1.82) is 0 Å². The Morgan fingerprint density at radius 3 is 3.07 bits per heavy atom. The summed E-state index contributed by atoms with van der Waals surface area (Å²) in [5.41, 5.74) is 0. The second-order valence-electron chi connectivity index (χ2n) is 3.48. The van der Waals surface area contributed by atoms with Gasteiger partial charge in [0, 0.05) is 6.54 Å². The van der Waals surface area contributed by atoms with Crippen LogP contribution in [0.25, 0.3) is 0 Å². The van der Waals surface area contributed by atoms with Gasteiger partial charge in [0.25, 0.3) is 0 Å². The maximum Gasteiger partial charge on any atom is 0.151 e. The van der Waals surface area contributed by atoms with Crippen LogP contribution in [0, 0.1) is 5.92 Å². The van der Waals surface area contributed by atoms with Crippen LogP contribution in [-0.2, 0) is 0 Å². The molecule has 0 bridgehead atoms. The molecule has 5 heteroatoms. The number of aromatic nitrogens is 2. The monoisotopic (exact) mass is 212 g/mol. The van der Waals surface area contributed by atoms with Crippen LogP contribution < -0.4 is 10.6 Å². The van der Waals surface area contributed by atoms with E-state index in [4.69, 9.17) is 11.6 Å². The minimum Gasteiger partial charge on any atom is -0.368 e. The molecule has 0 aromatic carbocycles. The number of nitrogens with one attached hydrogen (secondary N) is 2. The highest BCUT2D eigenvalue weighted by Gasteiger charge is 2.13. The van der Waals surface area contributed by atoms with Crippen LogP contribution in [0.15, 0.2) is 12.1 Å². The third-order valence-corrected chi connectivity index (χ3v) is 2.57. The van der Waals surface area contributed by atoms with Crippen molar-refractivity contribution in [2.24, 2.45) is 5.92 Å². The second kappa shape index (κ2) is 4.57. The molecule has 2 heterocycles. The summed E-state index contributed by atoms with van der Waals surface area (Å²) in [5, 5.41) is 14.7. The van der Waals surface area contributed by atoms with Crippen molar-refractivity contribution in [3.05, 3.63) is 17.3 Å². The van der Waals surface area contributed by atoms with Gasteiger partial charge in [0.1, 0.15) is 5.82 Å². The summed E-state index contributed by atoms with van der Waals surface area (Å²) in [5.74, 6) is 1.49. The smallest absolute Gasteiger partial charge is 0.151 e. The lowest BCUT2D eigenvalue weighted by atomic mass is 10.1. The van der Waals surface area contributed by atoms with E-state index in [0.717, 1.165) is 25.5 Å². The third kappa shape index (κ3) is 2.56. The zero-order chi connectivity index (χ0) is 9.80. The predicted molar refractivity (Wildman–Crippen MR) is 56.5 cm³/mol. The first-order valence-electron chi connectivity index (χ1n) is 4.78. The number of hydrogen-bond donors (Lipinski definition) is 2. The molecule has 1 aromatic heterocycles. The number of rotatable bonds is 3. The highest BCUT2D eigenvalue weighted by atomic mass is 35.5. The summed E-state index contributed by atoms with van der Waals surface area (Å²) >= 11 is 5.63. The molecule has 0 radical (unpaired) electrons. The van der Waals surface area contributed by atoms with Crippen LogP contribution in [0.5, 0.6) is 0 Å². The van der Waals surface area contributed by atoms with Gasteiger partial charge in [-0.3, -0.25) is 0 Å². The summed E-state index contributed by atoms with van der Waals surface area (Å²) < 4.78 is 0. The molecule has 76 valence electrons. The van der Waals surface area contributed by atoms with Gasteiger partial charge in [-0.05, 0) is 37.6 Å². The van der Waals surface area contributed by atoms with Gasteiger partial charge in [0.05, 0.1) is 0 Å². The summed E-state index contributed by atoms with van der Waals surface area (Å²) in [6, 6.07) is 3.58. The van der Waals surface area contributed by atoms with Gasteiger partial charge < -0.3 is 10.6 Å². The third-order valence-electron chi connectivity index (χ3n) is 2.37. The molecular weight excluding hydrogens is 200 g/mol. The van der Waals surface area contributed by atoms with Gasteiger partial charge in [-0.2, -0.15) is 0 Å². The molecule has 0 saturated carbocycles. The van der Waals surface area contributed by atoms with E-state index < -0.39 is 0 Å². The van der Waals surface area contributed by atoms with Crippen molar-refractivity contribution in [3.63, 3.8) is 0 Å². The summed E-state index contributed by atoms with van der Waals surface area (Å²) in [4.78, 5) is 0. The molecule has 2 N–H and O–H groups in total. The Bertz CT molecular complexity index is 281. The van der Waals surface area contributed by atoms with Gasteiger partial charge in [0.15, 0.2) is 5.15 Å². The molecule has 4 nitrogen and oxygen atoms in total. The SMILES string of the molecule is Clc1ccc(NCC2CCNC2)nn1. The van der Waals surface area contributed by atoms with Gasteiger partial charge in [-0.25, -0.2) is 0 Å². The van der Waals surface area contributed by atoms with Gasteiger partial charge >= 0.3 is 0 Å². The van der Waals surface area contributed by atoms with Crippen molar-refractivity contribution in [1.82, 2.24) is 15.5 Å². The van der Waals surface area contributed by atoms with Crippen LogP contribution in [0.2, 0.25) is 5.15 Å². The topological polar surface area (TPSA) is 49.8 Å². The molecular formula is C9H13ClN4. The zero-order valence-corrected chi connectivity index (χ0v) is 8.59. The Morgan fingerprint density at radius 2 is 2.43 bits per heavy atom. The highest BCUT2D eigenvalue weighted by molar-refractivity contribution is 6.29. The summed E-state index contributed by atoms with van der Waals surface area (Å²) in [7, 11) is 0. The van der Waals surface area contributed by atoms with Crippen LogP contribution in [0.4, 0.5) is 5.82 Å². The Balaban J connectivity index is 1.82. The van der Waals surface area contributed by atoms with Gasteiger partial charge in [-0.15, -0.1) is 10.2 Å². The van der Waals surface area contributed by atoms with Crippen molar-refractivity contribution < 1.29 is 0 Å². The minimum absolute atomic E-state index is 0.429. The first kappa shape index (κ1) is 9.68. The van der Waals surface area contributed by atoms with E-state index in [0.29, 0.717) is 11.1 Å². The molecule has 1 aliphatic rings. The number of anilines is 1. The quantitative estimate of drug-likeness (QED) is 0.790. The van der Waals surface area contributed by atoms with Gasteiger partial charge in [-0.1, -0.05) is 11.6 Å². The van der Waals surface area contributed by atoms with Crippen LogP contribution in [0.1, 0.15) is 6.42 Å². The first-order valence-corrected chi connectivity index (χ1v) is 5.16. The fourth-order valence-corrected chi connectivity index (χ4v) is 1.65. The lowest BCUT2D eigenvalue weighted by Gasteiger charge is -2.09. The van der Waals surface area contributed by atoms with Crippen LogP contribution in [0.3, 0.4) is 0 Å². The number of hydrogen-bond acceptors (Lipinski definition) is 4. The number of halogens is 1. The number of nitrogens with zero attached hydrogens (tertiary/aromatic N) is 2. The molecule has 0 spiro atoms. The molecule has 1 atom stereocenters. The maximum absolute atomic E-state index is 5.63. The van der Waals surface area contributed by atoms with E-state index >= 15 is 0 Å². The Kier molecular flexibility index (Phi) is 3.16. The van der Waals surface area contributed by atoms with Crippen LogP contribution >= 0.6 is 11.6 Å². The lowest BCUT2D eigenvalue weighted by molar-refractivity contribution is 0.613. The van der Waals surface area contributed by atoms with E-state index in [-0.39, 0.29) is 0 Å². The molecule has 1 unspecified atom stereocenters. The maximum atomic E-state index is 5.63. The predicted octanol–water partition coefficient (Wildman–Crippen LogP) is 1.15. The molecule has 1 aromatic rings. The van der Waals surface area contributed by atoms with Gasteiger partial charge in [0.2, 0.25) is 0 Å². The lowest BCUT2D eigenvalue weighted by Crippen LogP contribution is -2.17. The Hall–Kier alpha value is -0.870. The summed E-state index contributed by atoms with van der Waals surface area (Å²) in [6.45, 7) is 3.16. The van der Waals surface area contributed by atoms with Crippen molar-refractivity contribution in [2.45, 2.75) is 6.42 Å². The first-order chi connectivity index (χ1) is 6.84. The average Bonchev–Trinajstić information content (AvgIpc) is 2.70.